The number of nitrogens with zero attached hydrogens (tertiary/aromatic N) is 3. The van der Waals surface area contributed by atoms with Crippen LogP contribution in [0, 0.1) is 0 Å². The Morgan fingerprint density at radius 2 is 1.59 bits per heavy atom. The molecule has 1 aliphatic rings. The minimum absolute atomic E-state index is 0.218. The van der Waals surface area contributed by atoms with Crippen molar-refractivity contribution in [1.29, 1.82) is 0 Å². The molecule has 0 bridgehead atoms. The largest absolute Gasteiger partial charge is 0.341 e. The van der Waals surface area contributed by atoms with Gasteiger partial charge in [-0.2, -0.15) is 0 Å². The number of rotatable bonds is 4. The van der Waals surface area contributed by atoms with E-state index >= 15 is 0 Å². The Labute approximate surface area is 130 Å². The number of sulfonamides is 1. The molecule has 1 fully saturated rings. The zero-order chi connectivity index (χ0) is 15.4. The van der Waals surface area contributed by atoms with Crippen LogP contribution in [0.15, 0.2) is 47.6 Å². The molecule has 7 heteroatoms. The summed E-state index contributed by atoms with van der Waals surface area (Å²) in [5.41, 5.74) is 0.365. The molecule has 1 N–H and O–H groups in total. The normalized spacial score (nSPS) is 15.5. The summed E-state index contributed by atoms with van der Waals surface area (Å²) < 4.78 is 26.9. The maximum atomic E-state index is 12.2. The highest BCUT2D eigenvalue weighted by atomic mass is 32.2. The maximum absolute atomic E-state index is 12.2. The van der Waals surface area contributed by atoms with E-state index in [1.807, 2.05) is 0 Å². The van der Waals surface area contributed by atoms with Crippen molar-refractivity contribution in [1.82, 2.24) is 9.97 Å². The number of hydrogen-bond acceptors (Lipinski definition) is 5. The van der Waals surface area contributed by atoms with E-state index in [2.05, 4.69) is 19.6 Å². The molecule has 2 heterocycles. The van der Waals surface area contributed by atoms with Crippen molar-refractivity contribution in [2.75, 3.05) is 22.7 Å². The Kier molecular flexibility index (Phi) is 4.24. The van der Waals surface area contributed by atoms with Gasteiger partial charge in [-0.1, -0.05) is 18.2 Å². The number of nitrogens with one attached hydrogen (secondary N) is 1. The first-order valence-electron chi connectivity index (χ1n) is 7.30. The van der Waals surface area contributed by atoms with E-state index in [0.29, 0.717) is 11.6 Å². The summed E-state index contributed by atoms with van der Waals surface area (Å²) in [6.45, 7) is 1.91. The van der Waals surface area contributed by atoms with Gasteiger partial charge in [-0.15, -0.1) is 0 Å². The third-order valence-corrected chi connectivity index (χ3v) is 4.98. The van der Waals surface area contributed by atoms with Crippen molar-refractivity contribution in [3.05, 3.63) is 42.7 Å². The van der Waals surface area contributed by atoms with Crippen molar-refractivity contribution in [2.24, 2.45) is 0 Å². The third-order valence-electron chi connectivity index (χ3n) is 3.58. The van der Waals surface area contributed by atoms with Gasteiger partial charge >= 0.3 is 0 Å². The van der Waals surface area contributed by atoms with Crippen LogP contribution in [0.4, 0.5) is 11.6 Å². The second-order valence-electron chi connectivity index (χ2n) is 5.24. The smallest absolute Gasteiger partial charge is 0.261 e. The van der Waals surface area contributed by atoms with Crippen LogP contribution in [-0.2, 0) is 10.0 Å². The molecule has 22 heavy (non-hydrogen) atoms. The number of benzene rings is 1. The highest BCUT2D eigenvalue weighted by Crippen LogP contribution is 2.18. The van der Waals surface area contributed by atoms with E-state index in [-0.39, 0.29) is 4.90 Å². The summed E-state index contributed by atoms with van der Waals surface area (Å²) in [6, 6.07) is 8.24. The molecule has 0 spiro atoms. The molecule has 1 aliphatic heterocycles. The van der Waals surface area contributed by atoms with Gasteiger partial charge in [0, 0.05) is 13.1 Å². The zero-order valence-corrected chi connectivity index (χ0v) is 13.0. The molecule has 1 aromatic heterocycles. The van der Waals surface area contributed by atoms with Crippen LogP contribution in [0.3, 0.4) is 0 Å². The van der Waals surface area contributed by atoms with Crippen molar-refractivity contribution >= 4 is 21.7 Å². The lowest BCUT2D eigenvalue weighted by atomic mass is 10.1. The molecule has 1 saturated heterocycles. The van der Waals surface area contributed by atoms with Crippen LogP contribution < -0.4 is 9.62 Å². The lowest BCUT2D eigenvalue weighted by molar-refractivity contribution is 0.568. The van der Waals surface area contributed by atoms with Crippen LogP contribution in [0.1, 0.15) is 19.3 Å². The molecule has 0 aliphatic carbocycles. The highest BCUT2D eigenvalue weighted by Gasteiger charge is 2.16. The predicted octanol–water partition coefficient (Wildman–Crippen LogP) is 2.27. The predicted molar refractivity (Wildman–Crippen MR) is 85.3 cm³/mol. The molecule has 0 amide bonds. The fourth-order valence-electron chi connectivity index (χ4n) is 2.44. The minimum Gasteiger partial charge on any atom is -0.341 e. The average Bonchev–Trinajstić information content (AvgIpc) is 2.57. The van der Waals surface area contributed by atoms with Gasteiger partial charge in [0.25, 0.3) is 10.0 Å². The van der Waals surface area contributed by atoms with Crippen LogP contribution in [0.5, 0.6) is 0 Å². The Morgan fingerprint density at radius 1 is 0.955 bits per heavy atom. The number of anilines is 2. The summed E-state index contributed by atoms with van der Waals surface area (Å²) >= 11 is 0. The molecule has 3 rings (SSSR count). The summed E-state index contributed by atoms with van der Waals surface area (Å²) in [4.78, 5) is 10.9. The summed E-state index contributed by atoms with van der Waals surface area (Å²) in [7, 11) is -3.59. The molecule has 0 radical (unpaired) electrons. The van der Waals surface area contributed by atoms with Crippen molar-refractivity contribution < 1.29 is 8.42 Å². The SMILES string of the molecule is O=S(=O)(Nc1cnc(N2CCCCC2)nc1)c1ccccc1. The quantitative estimate of drug-likeness (QED) is 0.936. The van der Waals surface area contributed by atoms with Gasteiger partial charge < -0.3 is 4.90 Å². The molecule has 2 aromatic rings. The van der Waals surface area contributed by atoms with Gasteiger partial charge in [0.2, 0.25) is 5.95 Å². The molecule has 116 valence electrons. The number of aromatic nitrogens is 2. The lowest BCUT2D eigenvalue weighted by Crippen LogP contribution is -2.30. The van der Waals surface area contributed by atoms with Crippen LogP contribution in [0.25, 0.3) is 0 Å². The monoisotopic (exact) mass is 318 g/mol. The summed E-state index contributed by atoms with van der Waals surface area (Å²) in [5.74, 6) is 0.655. The van der Waals surface area contributed by atoms with Gasteiger partial charge in [-0.25, -0.2) is 18.4 Å². The number of piperidine rings is 1. The van der Waals surface area contributed by atoms with Gasteiger partial charge in [-0.05, 0) is 31.4 Å². The summed E-state index contributed by atoms with van der Waals surface area (Å²) in [5, 5.41) is 0. The van der Waals surface area contributed by atoms with Gasteiger partial charge in [0.1, 0.15) is 0 Å². The fourth-order valence-corrected chi connectivity index (χ4v) is 3.49. The molecule has 6 nitrogen and oxygen atoms in total. The van der Waals surface area contributed by atoms with Gasteiger partial charge in [-0.3, -0.25) is 4.72 Å². The fraction of sp³-hybridized carbons (Fsp3) is 0.333. The maximum Gasteiger partial charge on any atom is 0.261 e. The van der Waals surface area contributed by atoms with E-state index in [0.717, 1.165) is 25.9 Å². The van der Waals surface area contributed by atoms with E-state index in [4.69, 9.17) is 0 Å². The summed E-state index contributed by atoms with van der Waals surface area (Å²) in [6.07, 6.45) is 6.55. The van der Waals surface area contributed by atoms with Gasteiger partial charge in [0.05, 0.1) is 23.0 Å². The molecule has 1 aromatic carbocycles. The van der Waals surface area contributed by atoms with Crippen LogP contribution in [-0.4, -0.2) is 31.5 Å². The lowest BCUT2D eigenvalue weighted by Gasteiger charge is -2.26. The van der Waals surface area contributed by atoms with Crippen molar-refractivity contribution in [2.45, 2.75) is 24.2 Å². The Balaban J connectivity index is 1.73. The van der Waals surface area contributed by atoms with Crippen molar-refractivity contribution in [3.8, 4) is 0 Å². The highest BCUT2D eigenvalue weighted by molar-refractivity contribution is 7.92. The van der Waals surface area contributed by atoms with E-state index in [1.54, 1.807) is 30.3 Å². The molecule has 0 unspecified atom stereocenters. The molecular weight excluding hydrogens is 300 g/mol. The van der Waals surface area contributed by atoms with Crippen LogP contribution >= 0.6 is 0 Å². The molecular formula is C15H18N4O2S. The first kappa shape index (κ1) is 14.8. The standard InChI is InChI=1S/C15H18N4O2S/c20-22(21,14-7-3-1-4-8-14)18-13-11-16-15(17-12-13)19-9-5-2-6-10-19/h1,3-4,7-8,11-12,18H,2,5-6,9-10H2. The topological polar surface area (TPSA) is 75.2 Å². The van der Waals surface area contributed by atoms with E-state index < -0.39 is 10.0 Å². The van der Waals surface area contributed by atoms with Gasteiger partial charge in [0.15, 0.2) is 0 Å². The van der Waals surface area contributed by atoms with Crippen molar-refractivity contribution in [3.63, 3.8) is 0 Å². The minimum atomic E-state index is -3.59. The third kappa shape index (κ3) is 3.36. The second kappa shape index (κ2) is 6.31. The zero-order valence-electron chi connectivity index (χ0n) is 12.1. The Hall–Kier alpha value is -2.15. The number of hydrogen-bond donors (Lipinski definition) is 1. The van der Waals surface area contributed by atoms with E-state index in [1.165, 1.54) is 18.8 Å². The Morgan fingerprint density at radius 3 is 2.23 bits per heavy atom. The average molecular weight is 318 g/mol. The first-order chi connectivity index (χ1) is 10.6. The molecule has 0 atom stereocenters. The van der Waals surface area contributed by atoms with E-state index in [9.17, 15) is 8.42 Å². The molecule has 0 saturated carbocycles. The Bertz CT molecular complexity index is 711. The van der Waals surface area contributed by atoms with Crippen LogP contribution in [0.2, 0.25) is 0 Å². The first-order valence-corrected chi connectivity index (χ1v) is 8.78. The second-order valence-corrected chi connectivity index (χ2v) is 6.92.